The van der Waals surface area contributed by atoms with Gasteiger partial charge in [0.25, 0.3) is 0 Å². The summed E-state index contributed by atoms with van der Waals surface area (Å²) in [6.07, 6.45) is 12.2. The molecule has 0 aromatic heterocycles. The SMILES string of the molecule is CCCc1ccc(C2C=CC(COc3ccc(C4CCC(CC)CC4)c(F)c3F)=CC2)c(F)c1F. The Kier molecular flexibility index (Phi) is 8.35. The van der Waals surface area contributed by atoms with E-state index in [0.29, 0.717) is 35.4 Å². The average Bonchev–Trinajstić information content (AvgIpc) is 2.88. The summed E-state index contributed by atoms with van der Waals surface area (Å²) < 4.78 is 64.1. The second-order valence-electron chi connectivity index (χ2n) is 9.87. The maximum Gasteiger partial charge on any atom is 0.200 e. The van der Waals surface area contributed by atoms with Crippen molar-refractivity contribution < 1.29 is 22.3 Å². The van der Waals surface area contributed by atoms with Crippen LogP contribution in [0.5, 0.6) is 5.75 Å². The van der Waals surface area contributed by atoms with Gasteiger partial charge < -0.3 is 4.74 Å². The van der Waals surface area contributed by atoms with E-state index in [-0.39, 0.29) is 24.2 Å². The van der Waals surface area contributed by atoms with Crippen LogP contribution in [0.3, 0.4) is 0 Å². The fraction of sp³-hybridized carbons (Fsp3) is 0.467. The van der Waals surface area contributed by atoms with Crippen molar-refractivity contribution in [1.82, 2.24) is 0 Å². The van der Waals surface area contributed by atoms with E-state index in [9.17, 15) is 17.6 Å². The van der Waals surface area contributed by atoms with Crippen LogP contribution < -0.4 is 4.74 Å². The van der Waals surface area contributed by atoms with E-state index >= 15 is 0 Å². The van der Waals surface area contributed by atoms with Crippen LogP contribution in [0.1, 0.15) is 87.3 Å². The molecule has 2 aliphatic rings. The zero-order valence-electron chi connectivity index (χ0n) is 20.6. The van der Waals surface area contributed by atoms with Gasteiger partial charge >= 0.3 is 0 Å². The topological polar surface area (TPSA) is 9.23 Å². The molecule has 2 aromatic rings. The lowest BCUT2D eigenvalue weighted by molar-refractivity contribution is 0.305. The Morgan fingerprint density at radius 2 is 1.54 bits per heavy atom. The Morgan fingerprint density at radius 1 is 0.829 bits per heavy atom. The molecule has 5 heteroatoms. The number of hydrogen-bond acceptors (Lipinski definition) is 1. The number of halogens is 4. The molecular weight excluding hydrogens is 452 g/mol. The first-order chi connectivity index (χ1) is 16.9. The number of aryl methyl sites for hydroxylation is 1. The zero-order valence-corrected chi connectivity index (χ0v) is 20.6. The molecular formula is C30H34F4O. The number of ether oxygens (including phenoxy) is 1. The van der Waals surface area contributed by atoms with E-state index in [1.165, 1.54) is 6.07 Å². The quantitative estimate of drug-likeness (QED) is 0.339. The van der Waals surface area contributed by atoms with Crippen LogP contribution in [-0.4, -0.2) is 6.61 Å². The van der Waals surface area contributed by atoms with Gasteiger partial charge in [-0.25, -0.2) is 13.2 Å². The summed E-state index contributed by atoms with van der Waals surface area (Å²) in [5.41, 5.74) is 1.95. The van der Waals surface area contributed by atoms with E-state index < -0.39 is 23.3 Å². The smallest absolute Gasteiger partial charge is 0.200 e. The van der Waals surface area contributed by atoms with Crippen LogP contribution in [0.2, 0.25) is 0 Å². The van der Waals surface area contributed by atoms with Crippen molar-refractivity contribution in [2.75, 3.05) is 6.61 Å². The molecule has 35 heavy (non-hydrogen) atoms. The molecule has 188 valence electrons. The highest BCUT2D eigenvalue weighted by atomic mass is 19.2. The lowest BCUT2D eigenvalue weighted by Gasteiger charge is -2.28. The molecule has 0 saturated heterocycles. The maximum atomic E-state index is 14.8. The van der Waals surface area contributed by atoms with E-state index in [1.54, 1.807) is 24.3 Å². The van der Waals surface area contributed by atoms with Crippen LogP contribution in [0.25, 0.3) is 0 Å². The Balaban J connectivity index is 1.37. The molecule has 0 spiro atoms. The largest absolute Gasteiger partial charge is 0.486 e. The number of rotatable bonds is 8. The summed E-state index contributed by atoms with van der Waals surface area (Å²) in [6, 6.07) is 6.49. The van der Waals surface area contributed by atoms with Gasteiger partial charge in [-0.1, -0.05) is 63.1 Å². The standard InChI is InChI=1S/C30H34F4O/c1-3-5-23-14-15-24(28(32)27(23)31)22-12-8-20(9-13-22)18-35-26-17-16-25(29(33)30(26)34)21-10-6-19(4-2)7-11-21/h8-9,12,14-17,19,21-22H,3-7,10-11,13,18H2,1-2H3. The highest BCUT2D eigenvalue weighted by Gasteiger charge is 2.26. The van der Waals surface area contributed by atoms with Crippen LogP contribution >= 0.6 is 0 Å². The lowest BCUT2D eigenvalue weighted by Crippen LogP contribution is -2.14. The normalized spacial score (nSPS) is 22.2. The average molecular weight is 487 g/mol. The van der Waals surface area contributed by atoms with Crippen molar-refractivity contribution in [3.8, 4) is 5.75 Å². The highest BCUT2D eigenvalue weighted by molar-refractivity contribution is 5.38. The minimum absolute atomic E-state index is 0.0588. The molecule has 1 nitrogen and oxygen atoms in total. The molecule has 0 N–H and O–H groups in total. The second-order valence-corrected chi connectivity index (χ2v) is 9.87. The second kappa shape index (κ2) is 11.5. The monoisotopic (exact) mass is 486 g/mol. The van der Waals surface area contributed by atoms with Gasteiger partial charge in [-0.2, -0.15) is 4.39 Å². The fourth-order valence-electron chi connectivity index (χ4n) is 5.37. The Morgan fingerprint density at radius 3 is 2.20 bits per heavy atom. The maximum absolute atomic E-state index is 14.8. The molecule has 0 aliphatic heterocycles. The van der Waals surface area contributed by atoms with Crippen molar-refractivity contribution in [3.63, 3.8) is 0 Å². The first-order valence-corrected chi connectivity index (χ1v) is 12.9. The third-order valence-corrected chi connectivity index (χ3v) is 7.62. The molecule has 1 fully saturated rings. The third kappa shape index (κ3) is 5.65. The van der Waals surface area contributed by atoms with Crippen molar-refractivity contribution in [2.45, 2.75) is 77.0 Å². The summed E-state index contributed by atoms with van der Waals surface area (Å²) in [7, 11) is 0. The summed E-state index contributed by atoms with van der Waals surface area (Å²) >= 11 is 0. The third-order valence-electron chi connectivity index (χ3n) is 7.62. The predicted molar refractivity (Wildman–Crippen MR) is 132 cm³/mol. The van der Waals surface area contributed by atoms with Gasteiger partial charge in [-0.05, 0) is 78.7 Å². The van der Waals surface area contributed by atoms with Crippen LogP contribution in [-0.2, 0) is 6.42 Å². The molecule has 2 aromatic carbocycles. The van der Waals surface area contributed by atoms with Gasteiger partial charge in [0, 0.05) is 5.92 Å². The first-order valence-electron chi connectivity index (χ1n) is 12.9. The molecule has 0 heterocycles. The van der Waals surface area contributed by atoms with E-state index in [0.717, 1.165) is 44.1 Å². The van der Waals surface area contributed by atoms with Gasteiger partial charge in [-0.15, -0.1) is 0 Å². The van der Waals surface area contributed by atoms with Gasteiger partial charge in [0.05, 0.1) is 0 Å². The summed E-state index contributed by atoms with van der Waals surface area (Å²) in [6.45, 7) is 4.18. The number of hydrogen-bond donors (Lipinski definition) is 0. The van der Waals surface area contributed by atoms with Crippen LogP contribution in [0.15, 0.2) is 48.1 Å². The molecule has 2 aliphatic carbocycles. The molecule has 0 radical (unpaired) electrons. The fourth-order valence-corrected chi connectivity index (χ4v) is 5.37. The minimum atomic E-state index is -0.942. The summed E-state index contributed by atoms with van der Waals surface area (Å²) in [5.74, 6) is -2.94. The first kappa shape index (κ1) is 25.5. The van der Waals surface area contributed by atoms with Crippen molar-refractivity contribution >= 4 is 0 Å². The number of allylic oxidation sites excluding steroid dienone is 2. The van der Waals surface area contributed by atoms with Gasteiger partial charge in [0.1, 0.15) is 6.61 Å². The van der Waals surface area contributed by atoms with E-state index in [1.807, 2.05) is 19.1 Å². The van der Waals surface area contributed by atoms with Crippen molar-refractivity contribution in [3.05, 3.63) is 88.0 Å². The van der Waals surface area contributed by atoms with Crippen molar-refractivity contribution in [2.24, 2.45) is 5.92 Å². The Labute approximate surface area is 205 Å². The Bertz CT molecular complexity index is 1100. The lowest BCUT2D eigenvalue weighted by atomic mass is 9.77. The summed E-state index contributed by atoms with van der Waals surface area (Å²) in [5, 5.41) is 0. The van der Waals surface area contributed by atoms with Crippen molar-refractivity contribution in [1.29, 1.82) is 0 Å². The van der Waals surface area contributed by atoms with Crippen LogP contribution in [0.4, 0.5) is 17.6 Å². The van der Waals surface area contributed by atoms with Gasteiger partial charge in [-0.3, -0.25) is 0 Å². The molecule has 1 saturated carbocycles. The predicted octanol–water partition coefficient (Wildman–Crippen LogP) is 8.93. The van der Waals surface area contributed by atoms with Gasteiger partial charge in [0.15, 0.2) is 23.2 Å². The summed E-state index contributed by atoms with van der Waals surface area (Å²) in [4.78, 5) is 0. The molecule has 1 unspecified atom stereocenters. The van der Waals surface area contributed by atoms with Gasteiger partial charge in [0.2, 0.25) is 5.82 Å². The minimum Gasteiger partial charge on any atom is -0.486 e. The molecule has 0 amide bonds. The number of benzene rings is 2. The zero-order chi connectivity index (χ0) is 24.9. The highest BCUT2D eigenvalue weighted by Crippen LogP contribution is 2.39. The van der Waals surface area contributed by atoms with E-state index in [4.69, 9.17) is 4.74 Å². The Hall–Kier alpha value is -2.56. The molecule has 4 rings (SSSR count). The molecule has 1 atom stereocenters. The molecule has 0 bridgehead atoms. The van der Waals surface area contributed by atoms with Crippen LogP contribution in [0, 0.1) is 29.2 Å². The van der Waals surface area contributed by atoms with E-state index in [2.05, 4.69) is 6.92 Å².